The van der Waals surface area contributed by atoms with E-state index in [4.69, 9.17) is 9.73 Å². The monoisotopic (exact) mass is 373 g/mol. The molecule has 130 valence electrons. The van der Waals surface area contributed by atoms with Crippen LogP contribution in [-0.2, 0) is 28.9 Å². The first-order valence-corrected chi connectivity index (χ1v) is 10.2. The second-order valence-electron chi connectivity index (χ2n) is 6.05. The second-order valence-corrected chi connectivity index (χ2v) is 8.13. The van der Waals surface area contributed by atoms with Gasteiger partial charge in [0.1, 0.15) is 0 Å². The lowest BCUT2D eigenvalue weighted by molar-refractivity contribution is -0.142. The normalized spacial score (nSPS) is 20.4. The van der Waals surface area contributed by atoms with Gasteiger partial charge in [0.25, 0.3) is 0 Å². The summed E-state index contributed by atoms with van der Waals surface area (Å²) in [6.07, 6.45) is 3.07. The quantitative estimate of drug-likeness (QED) is 0.769. The molecule has 2 aromatic rings. The Morgan fingerprint density at radius 3 is 3.08 bits per heavy atom. The number of aromatic nitrogens is 1. The first-order chi connectivity index (χ1) is 12.2. The molecule has 0 radical (unpaired) electrons. The molecule has 0 amide bonds. The molecule has 1 aromatic carbocycles. The number of esters is 1. The average molecular weight is 374 g/mol. The van der Waals surface area contributed by atoms with Crippen LogP contribution < -0.4 is 0 Å². The Kier molecular flexibility index (Phi) is 4.76. The van der Waals surface area contributed by atoms with Gasteiger partial charge in [-0.1, -0.05) is 47.4 Å². The number of ether oxygens (including phenoxy) is 1. The molecule has 0 spiro atoms. The van der Waals surface area contributed by atoms with Gasteiger partial charge in [-0.05, 0) is 24.5 Å². The summed E-state index contributed by atoms with van der Waals surface area (Å²) < 4.78 is 4.98. The zero-order chi connectivity index (χ0) is 17.2. The molecule has 0 saturated carbocycles. The van der Waals surface area contributed by atoms with Gasteiger partial charge >= 0.3 is 5.97 Å². The van der Waals surface area contributed by atoms with Gasteiger partial charge in [-0.15, -0.1) is 0 Å². The average Bonchev–Trinajstić information content (AvgIpc) is 3.20. The maximum absolute atomic E-state index is 11.6. The number of nitrogens with zero attached hydrogens (tertiary/aromatic N) is 3. The van der Waals surface area contributed by atoms with Crippen LogP contribution in [0.15, 0.2) is 35.5 Å². The fraction of sp³-hybridized carbons (Fsp3) is 0.389. The predicted octanol–water partition coefficient (Wildman–Crippen LogP) is 3.41. The smallest absolute Gasteiger partial charge is 0.311 e. The number of aliphatic imine (C=N–C) groups is 1. The molecule has 0 N–H and O–H groups in total. The van der Waals surface area contributed by atoms with E-state index in [9.17, 15) is 4.79 Å². The lowest BCUT2D eigenvalue weighted by Crippen LogP contribution is -2.38. The van der Waals surface area contributed by atoms with Crippen molar-refractivity contribution in [1.82, 2.24) is 9.88 Å². The van der Waals surface area contributed by atoms with Gasteiger partial charge < -0.3 is 9.64 Å². The molecular formula is C18H19N3O2S2. The van der Waals surface area contributed by atoms with E-state index in [0.29, 0.717) is 17.8 Å². The molecule has 7 heteroatoms. The number of fused-ring (bicyclic) bond motifs is 2. The van der Waals surface area contributed by atoms with E-state index in [1.54, 1.807) is 18.0 Å². The summed E-state index contributed by atoms with van der Waals surface area (Å²) in [7, 11) is 0. The molecule has 2 aliphatic rings. The summed E-state index contributed by atoms with van der Waals surface area (Å²) in [6.45, 7) is 3.13. The molecule has 4 rings (SSSR count). The highest BCUT2D eigenvalue weighted by Crippen LogP contribution is 2.35. The Bertz CT molecular complexity index is 818. The number of thiazole rings is 1. The van der Waals surface area contributed by atoms with E-state index in [0.717, 1.165) is 28.8 Å². The summed E-state index contributed by atoms with van der Waals surface area (Å²) in [5.41, 5.74) is 2.84. The summed E-state index contributed by atoms with van der Waals surface area (Å²) >= 11 is 3.25. The van der Waals surface area contributed by atoms with Crippen molar-refractivity contribution in [3.05, 3.63) is 46.5 Å². The van der Waals surface area contributed by atoms with Gasteiger partial charge in [-0.25, -0.2) is 4.98 Å². The van der Waals surface area contributed by atoms with Gasteiger partial charge in [-0.3, -0.25) is 4.79 Å². The van der Waals surface area contributed by atoms with Crippen molar-refractivity contribution in [2.24, 2.45) is 4.99 Å². The fourth-order valence-electron chi connectivity index (χ4n) is 3.18. The zero-order valence-electron chi connectivity index (χ0n) is 14.0. The number of amidine groups is 1. The summed E-state index contributed by atoms with van der Waals surface area (Å²) in [4.78, 5) is 24.0. The number of rotatable bonds is 4. The third-order valence-corrected chi connectivity index (χ3v) is 6.39. The Hall–Kier alpha value is -1.86. The van der Waals surface area contributed by atoms with E-state index >= 15 is 0 Å². The highest BCUT2D eigenvalue weighted by Gasteiger charge is 2.34. The highest BCUT2D eigenvalue weighted by atomic mass is 32.2. The number of benzene rings is 1. The lowest BCUT2D eigenvalue weighted by Gasteiger charge is -2.32. The summed E-state index contributed by atoms with van der Waals surface area (Å²) in [5, 5.41) is 1.75. The third kappa shape index (κ3) is 3.57. The SMILES string of the molecule is CCOC(=O)Cc1cnc(N=C2SC[C@@H]3Cc4ccccc4CN23)s1. The summed E-state index contributed by atoms with van der Waals surface area (Å²) in [6, 6.07) is 9.16. The molecule has 0 aliphatic carbocycles. The zero-order valence-corrected chi connectivity index (χ0v) is 15.6. The van der Waals surface area contributed by atoms with Crippen LogP contribution in [0.4, 0.5) is 5.13 Å². The molecule has 1 atom stereocenters. The Morgan fingerprint density at radius 1 is 1.40 bits per heavy atom. The minimum Gasteiger partial charge on any atom is -0.466 e. The van der Waals surface area contributed by atoms with E-state index in [-0.39, 0.29) is 12.4 Å². The van der Waals surface area contributed by atoms with Gasteiger partial charge in [0.2, 0.25) is 5.13 Å². The second kappa shape index (κ2) is 7.17. The van der Waals surface area contributed by atoms with E-state index in [1.807, 2.05) is 6.92 Å². The molecule has 2 aliphatic heterocycles. The Balaban J connectivity index is 1.49. The van der Waals surface area contributed by atoms with Crippen molar-refractivity contribution in [2.75, 3.05) is 12.4 Å². The Labute approximate surface area is 155 Å². The molecule has 25 heavy (non-hydrogen) atoms. The van der Waals surface area contributed by atoms with E-state index in [2.05, 4.69) is 34.1 Å². The molecule has 0 unspecified atom stereocenters. The van der Waals surface area contributed by atoms with Crippen molar-refractivity contribution in [3.63, 3.8) is 0 Å². The first kappa shape index (κ1) is 16.6. The van der Waals surface area contributed by atoms with Crippen molar-refractivity contribution in [1.29, 1.82) is 0 Å². The van der Waals surface area contributed by atoms with Crippen LogP contribution in [0.25, 0.3) is 0 Å². The van der Waals surface area contributed by atoms with Crippen molar-refractivity contribution in [2.45, 2.75) is 32.4 Å². The molecular weight excluding hydrogens is 354 g/mol. The van der Waals surface area contributed by atoms with Gasteiger partial charge in [0.05, 0.1) is 13.0 Å². The van der Waals surface area contributed by atoms with Gasteiger partial charge in [0.15, 0.2) is 5.17 Å². The summed E-state index contributed by atoms with van der Waals surface area (Å²) in [5.74, 6) is 0.849. The maximum atomic E-state index is 11.6. The first-order valence-electron chi connectivity index (χ1n) is 8.38. The Morgan fingerprint density at radius 2 is 2.24 bits per heavy atom. The molecule has 1 saturated heterocycles. The number of hydrogen-bond donors (Lipinski definition) is 0. The van der Waals surface area contributed by atoms with Crippen LogP contribution in [0.2, 0.25) is 0 Å². The fourth-order valence-corrected chi connectivity index (χ4v) is 5.17. The van der Waals surface area contributed by atoms with Crippen LogP contribution in [0.1, 0.15) is 22.9 Å². The van der Waals surface area contributed by atoms with Crippen LogP contribution in [0, 0.1) is 0 Å². The molecule has 0 bridgehead atoms. The third-order valence-electron chi connectivity index (χ3n) is 4.36. The highest BCUT2D eigenvalue weighted by molar-refractivity contribution is 8.14. The minimum absolute atomic E-state index is 0.215. The van der Waals surface area contributed by atoms with E-state index in [1.165, 1.54) is 22.5 Å². The number of carbonyl (C=O) groups excluding carboxylic acids is 1. The number of carbonyl (C=O) groups is 1. The lowest BCUT2D eigenvalue weighted by atomic mass is 9.95. The minimum atomic E-state index is -0.215. The number of thioether (sulfide) groups is 1. The van der Waals surface area contributed by atoms with Crippen molar-refractivity contribution < 1.29 is 9.53 Å². The van der Waals surface area contributed by atoms with Gasteiger partial charge in [0, 0.05) is 29.4 Å². The predicted molar refractivity (Wildman–Crippen MR) is 101 cm³/mol. The maximum Gasteiger partial charge on any atom is 0.311 e. The largest absolute Gasteiger partial charge is 0.466 e. The topological polar surface area (TPSA) is 54.8 Å². The molecule has 5 nitrogen and oxygen atoms in total. The molecule has 1 aromatic heterocycles. The van der Waals surface area contributed by atoms with Crippen LogP contribution >= 0.6 is 23.1 Å². The van der Waals surface area contributed by atoms with Crippen molar-refractivity contribution >= 4 is 39.4 Å². The molecule has 1 fully saturated rings. The van der Waals surface area contributed by atoms with Crippen LogP contribution in [0.3, 0.4) is 0 Å². The standard InChI is InChI=1S/C18H19N3O2S2/c1-2-23-16(22)8-15-9-19-17(25-15)20-18-21-10-13-6-4-3-5-12(13)7-14(21)11-24-18/h3-6,9,14H,2,7-8,10-11H2,1H3/t14-/m0/s1. The van der Waals surface area contributed by atoms with Crippen LogP contribution in [-0.4, -0.2) is 39.4 Å². The van der Waals surface area contributed by atoms with Crippen molar-refractivity contribution in [3.8, 4) is 0 Å². The van der Waals surface area contributed by atoms with Gasteiger partial charge in [-0.2, -0.15) is 4.99 Å². The molecule has 3 heterocycles. The van der Waals surface area contributed by atoms with Crippen LogP contribution in [0.5, 0.6) is 0 Å². The number of hydrogen-bond acceptors (Lipinski definition) is 6. The van der Waals surface area contributed by atoms with E-state index < -0.39 is 0 Å².